The number of hydrogen-bond acceptors (Lipinski definition) is 3. The topological polar surface area (TPSA) is 21.1 Å². The van der Waals surface area contributed by atoms with Crippen molar-refractivity contribution < 1.29 is 0 Å². The number of benzene rings is 6. The molecule has 0 saturated carbocycles. The number of nitrogens with zero attached hydrogens (tertiary/aromatic N) is 3. The number of aromatic nitrogens is 2. The highest BCUT2D eigenvalue weighted by molar-refractivity contribution is 7.26. The van der Waals surface area contributed by atoms with Gasteiger partial charge in [0.1, 0.15) is 0 Å². The largest absolute Gasteiger partial charge is 0.310 e. The molecule has 0 N–H and O–H groups in total. The summed E-state index contributed by atoms with van der Waals surface area (Å²) in [5.74, 6) is 0. The van der Waals surface area contributed by atoms with Crippen LogP contribution in [-0.2, 0) is 0 Å². The van der Waals surface area contributed by atoms with Gasteiger partial charge in [-0.25, -0.2) is 4.98 Å². The summed E-state index contributed by atoms with van der Waals surface area (Å²) in [4.78, 5) is 7.68. The van der Waals surface area contributed by atoms with Crippen molar-refractivity contribution >= 4 is 70.5 Å². The van der Waals surface area contributed by atoms with Crippen molar-refractivity contribution in [3.8, 4) is 16.9 Å². The summed E-state index contributed by atoms with van der Waals surface area (Å²) in [6.07, 6.45) is 0. The molecule has 0 saturated heterocycles. The van der Waals surface area contributed by atoms with E-state index in [2.05, 4.69) is 173 Å². The lowest BCUT2D eigenvalue weighted by atomic mass is 10.1. The van der Waals surface area contributed by atoms with Gasteiger partial charge in [-0.2, -0.15) is 0 Å². The lowest BCUT2D eigenvalue weighted by Crippen LogP contribution is -2.10. The molecule has 0 aliphatic rings. The molecule has 0 spiro atoms. The Balaban J connectivity index is 1.33. The quantitative estimate of drug-likeness (QED) is 0.198. The Hall–Kier alpha value is -5.71. The summed E-state index contributed by atoms with van der Waals surface area (Å²) in [6, 6.07) is 58.1. The smallest absolute Gasteiger partial charge is 0.0985 e. The van der Waals surface area contributed by atoms with Crippen molar-refractivity contribution in [2.75, 3.05) is 4.90 Å². The molecule has 4 heteroatoms. The Morgan fingerprint density at radius 1 is 0.511 bits per heavy atom. The monoisotopic (exact) mass is 593 g/mol. The maximum absolute atomic E-state index is 5.37. The van der Waals surface area contributed by atoms with Crippen LogP contribution in [0.5, 0.6) is 0 Å². The Morgan fingerprint density at radius 3 is 1.91 bits per heavy atom. The Kier molecular flexibility index (Phi) is 6.00. The van der Waals surface area contributed by atoms with E-state index in [1.807, 2.05) is 11.3 Å². The molecule has 0 radical (unpaired) electrons. The van der Waals surface area contributed by atoms with Gasteiger partial charge in [-0.05, 0) is 66.7 Å². The van der Waals surface area contributed by atoms with E-state index in [9.17, 15) is 0 Å². The predicted molar refractivity (Wildman–Crippen MR) is 192 cm³/mol. The Bertz CT molecular complexity index is 2440. The molecule has 9 rings (SSSR count). The van der Waals surface area contributed by atoms with E-state index in [1.54, 1.807) is 0 Å². The van der Waals surface area contributed by atoms with Gasteiger partial charge in [0.25, 0.3) is 0 Å². The fourth-order valence-corrected chi connectivity index (χ4v) is 7.81. The third-order valence-corrected chi connectivity index (χ3v) is 9.77. The molecule has 45 heavy (non-hydrogen) atoms. The van der Waals surface area contributed by atoms with Crippen LogP contribution >= 0.6 is 11.3 Å². The van der Waals surface area contributed by atoms with Crippen LogP contribution in [0.1, 0.15) is 0 Å². The van der Waals surface area contributed by atoms with Gasteiger partial charge in [0.2, 0.25) is 0 Å². The van der Waals surface area contributed by atoms with Gasteiger partial charge in [0, 0.05) is 53.9 Å². The zero-order valence-electron chi connectivity index (χ0n) is 24.3. The molecule has 0 unspecified atom stereocenters. The number of para-hydroxylation sites is 2. The fraction of sp³-hybridized carbons (Fsp3) is 0. The molecule has 0 fully saturated rings. The molecule has 3 heterocycles. The summed E-state index contributed by atoms with van der Waals surface area (Å²) in [5.41, 5.74) is 9.80. The standard InChI is InChI=1S/C41H27N3S/c1-4-13-28(14-5-1)35-24-26-37-40(42-35)39-36(25-23-34-33-21-10-11-22-38(33)45-41(34)39)44(37)32-20-12-19-31(27-32)43(29-15-6-2-7-16-29)30-17-8-3-9-18-30/h1-27H. The van der Waals surface area contributed by atoms with Gasteiger partial charge in [0.05, 0.1) is 22.2 Å². The number of thiophene rings is 1. The number of rotatable bonds is 5. The van der Waals surface area contributed by atoms with Crippen LogP contribution < -0.4 is 4.90 Å². The van der Waals surface area contributed by atoms with Crippen LogP contribution in [0.3, 0.4) is 0 Å². The van der Waals surface area contributed by atoms with Gasteiger partial charge < -0.3 is 9.47 Å². The van der Waals surface area contributed by atoms with E-state index in [0.717, 1.165) is 50.6 Å². The first-order valence-corrected chi connectivity index (χ1v) is 16.0. The van der Waals surface area contributed by atoms with Crippen molar-refractivity contribution in [3.05, 3.63) is 164 Å². The Labute approximate surface area is 264 Å². The molecular formula is C41H27N3S. The lowest BCUT2D eigenvalue weighted by molar-refractivity contribution is 1.17. The summed E-state index contributed by atoms with van der Waals surface area (Å²) >= 11 is 1.86. The first-order chi connectivity index (χ1) is 22.3. The first kappa shape index (κ1) is 25.8. The van der Waals surface area contributed by atoms with Gasteiger partial charge >= 0.3 is 0 Å². The van der Waals surface area contributed by atoms with Crippen LogP contribution in [0.2, 0.25) is 0 Å². The van der Waals surface area contributed by atoms with E-state index in [0.29, 0.717) is 0 Å². The molecule has 0 amide bonds. The van der Waals surface area contributed by atoms with Crippen LogP contribution in [0.15, 0.2) is 164 Å². The van der Waals surface area contributed by atoms with E-state index >= 15 is 0 Å². The zero-order valence-corrected chi connectivity index (χ0v) is 25.2. The molecule has 6 aromatic carbocycles. The SMILES string of the molecule is c1ccc(-c2ccc3c(n2)c2c4sc5ccccc5c4ccc2n3-c2cccc(N(c3ccccc3)c3ccccc3)c2)cc1. The molecular weight excluding hydrogens is 567 g/mol. The van der Waals surface area contributed by atoms with Crippen molar-refractivity contribution in [1.29, 1.82) is 0 Å². The third kappa shape index (κ3) is 4.22. The second-order valence-corrected chi connectivity index (χ2v) is 12.3. The first-order valence-electron chi connectivity index (χ1n) is 15.1. The number of anilines is 3. The maximum atomic E-state index is 5.37. The third-order valence-electron chi connectivity index (χ3n) is 8.56. The molecule has 3 nitrogen and oxygen atoms in total. The van der Waals surface area contributed by atoms with Crippen molar-refractivity contribution in [1.82, 2.24) is 9.55 Å². The van der Waals surface area contributed by atoms with Crippen molar-refractivity contribution in [3.63, 3.8) is 0 Å². The molecule has 9 aromatic rings. The summed E-state index contributed by atoms with van der Waals surface area (Å²) in [7, 11) is 0. The molecule has 212 valence electrons. The average Bonchev–Trinajstić information content (AvgIpc) is 3.65. The van der Waals surface area contributed by atoms with E-state index < -0.39 is 0 Å². The number of hydrogen-bond donors (Lipinski definition) is 0. The fourth-order valence-electron chi connectivity index (χ4n) is 6.56. The van der Waals surface area contributed by atoms with Crippen molar-refractivity contribution in [2.24, 2.45) is 0 Å². The molecule has 3 aromatic heterocycles. The second-order valence-electron chi connectivity index (χ2n) is 11.2. The van der Waals surface area contributed by atoms with E-state index in [1.165, 1.54) is 25.6 Å². The molecule has 0 aliphatic carbocycles. The van der Waals surface area contributed by atoms with Gasteiger partial charge in [-0.1, -0.05) is 97.1 Å². The number of fused-ring (bicyclic) bond motifs is 7. The van der Waals surface area contributed by atoms with Crippen LogP contribution in [0.4, 0.5) is 17.1 Å². The molecule has 0 bridgehead atoms. The predicted octanol–water partition coefficient (Wildman–Crippen LogP) is 11.7. The maximum Gasteiger partial charge on any atom is 0.0985 e. The Morgan fingerprint density at radius 2 is 1.16 bits per heavy atom. The van der Waals surface area contributed by atoms with Crippen LogP contribution in [0.25, 0.3) is 59.1 Å². The molecule has 0 aliphatic heterocycles. The summed E-state index contributed by atoms with van der Waals surface area (Å²) < 4.78 is 4.96. The van der Waals surface area contributed by atoms with Crippen LogP contribution in [-0.4, -0.2) is 9.55 Å². The normalized spacial score (nSPS) is 11.6. The van der Waals surface area contributed by atoms with E-state index in [4.69, 9.17) is 4.98 Å². The highest BCUT2D eigenvalue weighted by atomic mass is 32.1. The molecule has 0 atom stereocenters. The lowest BCUT2D eigenvalue weighted by Gasteiger charge is -2.26. The van der Waals surface area contributed by atoms with Gasteiger partial charge in [-0.3, -0.25) is 0 Å². The zero-order chi connectivity index (χ0) is 29.7. The highest BCUT2D eigenvalue weighted by Gasteiger charge is 2.20. The van der Waals surface area contributed by atoms with Crippen LogP contribution in [0, 0.1) is 0 Å². The minimum absolute atomic E-state index is 0.980. The highest BCUT2D eigenvalue weighted by Crippen LogP contribution is 2.44. The van der Waals surface area contributed by atoms with Crippen molar-refractivity contribution in [2.45, 2.75) is 0 Å². The number of pyridine rings is 1. The minimum atomic E-state index is 0.980. The summed E-state index contributed by atoms with van der Waals surface area (Å²) in [6.45, 7) is 0. The minimum Gasteiger partial charge on any atom is -0.310 e. The van der Waals surface area contributed by atoms with Gasteiger partial charge in [-0.15, -0.1) is 11.3 Å². The van der Waals surface area contributed by atoms with Gasteiger partial charge in [0.15, 0.2) is 0 Å². The summed E-state index contributed by atoms with van der Waals surface area (Å²) in [5, 5.41) is 3.78. The van der Waals surface area contributed by atoms with E-state index in [-0.39, 0.29) is 0 Å². The second kappa shape index (κ2) is 10.5. The average molecular weight is 594 g/mol.